The lowest BCUT2D eigenvalue weighted by Crippen LogP contribution is -2.29. The van der Waals surface area contributed by atoms with Gasteiger partial charge in [-0.2, -0.15) is 5.10 Å². The number of rotatable bonds is 7. The highest BCUT2D eigenvalue weighted by Crippen LogP contribution is 2.48. The highest BCUT2D eigenvalue weighted by molar-refractivity contribution is 6.32. The second kappa shape index (κ2) is 9.27. The third-order valence-electron chi connectivity index (χ3n) is 6.12. The minimum atomic E-state index is -2.87. The summed E-state index contributed by atoms with van der Waals surface area (Å²) < 4.78 is 28.0. The summed E-state index contributed by atoms with van der Waals surface area (Å²) in [5.41, 5.74) is 2.90. The van der Waals surface area contributed by atoms with Crippen LogP contribution in [0.4, 0.5) is 20.4 Å². The van der Waals surface area contributed by atoms with Crippen molar-refractivity contribution in [1.29, 1.82) is 0 Å². The van der Waals surface area contributed by atoms with E-state index in [1.807, 2.05) is 23.0 Å². The van der Waals surface area contributed by atoms with Gasteiger partial charge in [-0.05, 0) is 31.5 Å². The number of carbonyl (C=O) groups excluding carboxylic acids is 1. The number of hydrogen-bond acceptors (Lipinski definition) is 6. The molecule has 11 heteroatoms. The fraction of sp³-hybridized carbons (Fsp3) is 0.391. The third-order valence-corrected chi connectivity index (χ3v) is 6.40. The summed E-state index contributed by atoms with van der Waals surface area (Å²) >= 11 is 6.35. The molecule has 1 saturated heterocycles. The molecule has 1 aromatic carbocycles. The molecule has 0 unspecified atom stereocenters. The van der Waals surface area contributed by atoms with E-state index < -0.39 is 17.7 Å². The number of nitrogens with one attached hydrogen (secondary N) is 3. The smallest absolute Gasteiger partial charge is 0.260 e. The summed E-state index contributed by atoms with van der Waals surface area (Å²) in [6.45, 7) is 2.15. The van der Waals surface area contributed by atoms with Gasteiger partial charge in [0.15, 0.2) is 0 Å². The van der Waals surface area contributed by atoms with E-state index in [-0.39, 0.29) is 13.0 Å². The molecule has 3 N–H and O–H groups in total. The minimum absolute atomic E-state index is 0.178. The number of anilines is 2. The molecule has 1 aliphatic carbocycles. The predicted molar refractivity (Wildman–Crippen MR) is 124 cm³/mol. The molecule has 2 aromatic heterocycles. The van der Waals surface area contributed by atoms with Crippen molar-refractivity contribution >= 4 is 29.1 Å². The van der Waals surface area contributed by atoms with Crippen LogP contribution in [-0.2, 0) is 11.3 Å². The van der Waals surface area contributed by atoms with Crippen LogP contribution in [-0.4, -0.2) is 44.7 Å². The Morgan fingerprint density at radius 3 is 2.65 bits per heavy atom. The largest absolute Gasteiger partial charge is 0.352 e. The van der Waals surface area contributed by atoms with Gasteiger partial charge in [0, 0.05) is 24.7 Å². The summed E-state index contributed by atoms with van der Waals surface area (Å²) in [5.74, 6) is -4.29. The van der Waals surface area contributed by atoms with Crippen LogP contribution in [0.15, 0.2) is 42.9 Å². The molecule has 3 aromatic rings. The van der Waals surface area contributed by atoms with E-state index in [4.69, 9.17) is 11.6 Å². The standard InChI is InChI=1S/C23H24ClF2N7O/c24-19-12-29-22(31-16-11-30-33(13-16)17-5-7-27-8-6-17)32-20(19)15-3-1-14(2-4-15)10-28-21(34)18-9-23(18,25)26/h1-4,11-13,17-18,27H,5-10H2,(H,28,34)(H,29,31,32)/t18-/m0/s1. The molecule has 1 amide bonds. The van der Waals surface area contributed by atoms with E-state index in [0.717, 1.165) is 42.7 Å². The van der Waals surface area contributed by atoms with Crippen LogP contribution in [0.5, 0.6) is 0 Å². The van der Waals surface area contributed by atoms with Crippen molar-refractivity contribution in [2.45, 2.75) is 37.8 Å². The Bertz CT molecular complexity index is 1180. The summed E-state index contributed by atoms with van der Waals surface area (Å²) in [6, 6.07) is 7.62. The van der Waals surface area contributed by atoms with Crippen molar-refractivity contribution in [3.8, 4) is 11.3 Å². The second-order valence-electron chi connectivity index (χ2n) is 8.64. The first-order valence-electron chi connectivity index (χ1n) is 11.2. The number of benzene rings is 1. The molecule has 8 nitrogen and oxygen atoms in total. The normalized spacial score (nSPS) is 19.6. The van der Waals surface area contributed by atoms with Gasteiger partial charge in [0.25, 0.3) is 5.92 Å². The number of piperidine rings is 1. The molecule has 0 bridgehead atoms. The van der Waals surface area contributed by atoms with E-state index in [2.05, 4.69) is 31.0 Å². The van der Waals surface area contributed by atoms with Crippen molar-refractivity contribution < 1.29 is 13.6 Å². The lowest BCUT2D eigenvalue weighted by atomic mass is 10.1. The Morgan fingerprint density at radius 2 is 1.94 bits per heavy atom. The van der Waals surface area contributed by atoms with Crippen LogP contribution in [0.1, 0.15) is 30.9 Å². The summed E-state index contributed by atoms with van der Waals surface area (Å²) in [7, 11) is 0. The van der Waals surface area contributed by atoms with Gasteiger partial charge in [-0.3, -0.25) is 9.48 Å². The lowest BCUT2D eigenvalue weighted by molar-refractivity contribution is -0.124. The number of halogens is 3. The SMILES string of the molecule is O=C(NCc1ccc(-c2nc(Nc3cnn(C4CCNCC4)c3)ncc2Cl)cc1)[C@@H]1CC1(F)F. The molecule has 2 aliphatic rings. The van der Waals surface area contributed by atoms with Gasteiger partial charge in [-0.1, -0.05) is 35.9 Å². The maximum Gasteiger partial charge on any atom is 0.260 e. The topological polar surface area (TPSA) is 96.8 Å². The van der Waals surface area contributed by atoms with E-state index in [9.17, 15) is 13.6 Å². The van der Waals surface area contributed by atoms with Gasteiger partial charge in [-0.15, -0.1) is 0 Å². The molecule has 5 rings (SSSR count). The number of alkyl halides is 2. The first kappa shape index (κ1) is 22.7. The number of amides is 1. The maximum atomic E-state index is 13.0. The highest BCUT2D eigenvalue weighted by atomic mass is 35.5. The first-order valence-corrected chi connectivity index (χ1v) is 11.6. The molecule has 1 atom stereocenters. The van der Waals surface area contributed by atoms with Crippen LogP contribution in [0.3, 0.4) is 0 Å². The number of aromatic nitrogens is 4. The van der Waals surface area contributed by atoms with Crippen LogP contribution in [0.25, 0.3) is 11.3 Å². The monoisotopic (exact) mass is 487 g/mol. The van der Waals surface area contributed by atoms with Gasteiger partial charge in [0.2, 0.25) is 11.9 Å². The van der Waals surface area contributed by atoms with Crippen molar-refractivity contribution in [1.82, 2.24) is 30.4 Å². The Morgan fingerprint density at radius 1 is 1.21 bits per heavy atom. The molecule has 2 fully saturated rings. The van der Waals surface area contributed by atoms with Crippen LogP contribution >= 0.6 is 11.6 Å². The minimum Gasteiger partial charge on any atom is -0.352 e. The van der Waals surface area contributed by atoms with Crippen LogP contribution < -0.4 is 16.0 Å². The molecule has 34 heavy (non-hydrogen) atoms. The Kier molecular flexibility index (Phi) is 6.18. The number of nitrogens with zero attached hydrogens (tertiary/aromatic N) is 4. The quantitative estimate of drug-likeness (QED) is 0.467. The number of hydrogen-bond donors (Lipinski definition) is 3. The van der Waals surface area contributed by atoms with Gasteiger partial charge >= 0.3 is 0 Å². The average Bonchev–Trinajstić information content (AvgIpc) is 3.25. The molecule has 3 heterocycles. The van der Waals surface area contributed by atoms with Gasteiger partial charge < -0.3 is 16.0 Å². The van der Waals surface area contributed by atoms with Crippen molar-refractivity contribution in [2.24, 2.45) is 5.92 Å². The maximum absolute atomic E-state index is 13.0. The zero-order valence-electron chi connectivity index (χ0n) is 18.3. The highest BCUT2D eigenvalue weighted by Gasteiger charge is 2.61. The molecule has 0 radical (unpaired) electrons. The van der Waals surface area contributed by atoms with Crippen molar-refractivity contribution in [3.05, 3.63) is 53.4 Å². The number of carbonyl (C=O) groups is 1. The Hall–Kier alpha value is -3.11. The van der Waals surface area contributed by atoms with E-state index in [0.29, 0.717) is 22.7 Å². The fourth-order valence-corrected chi connectivity index (χ4v) is 4.22. The second-order valence-corrected chi connectivity index (χ2v) is 9.05. The third kappa shape index (κ3) is 5.02. The predicted octanol–water partition coefficient (Wildman–Crippen LogP) is 3.93. The van der Waals surface area contributed by atoms with Gasteiger partial charge in [0.05, 0.1) is 34.8 Å². The van der Waals surface area contributed by atoms with Gasteiger partial charge in [-0.25, -0.2) is 18.7 Å². The molecule has 1 aliphatic heterocycles. The molecule has 1 saturated carbocycles. The van der Waals surface area contributed by atoms with Crippen molar-refractivity contribution in [2.75, 3.05) is 18.4 Å². The fourth-order valence-electron chi connectivity index (χ4n) is 4.02. The van der Waals surface area contributed by atoms with Crippen molar-refractivity contribution in [3.63, 3.8) is 0 Å². The summed E-state index contributed by atoms with van der Waals surface area (Å²) in [6.07, 6.45) is 6.94. The summed E-state index contributed by atoms with van der Waals surface area (Å²) in [4.78, 5) is 20.6. The van der Waals surface area contributed by atoms with Crippen LogP contribution in [0.2, 0.25) is 5.02 Å². The molecular formula is C23H24ClF2N7O. The zero-order chi connectivity index (χ0) is 23.7. The molecular weight excluding hydrogens is 464 g/mol. The molecule has 178 valence electrons. The molecule has 0 spiro atoms. The van der Waals surface area contributed by atoms with E-state index >= 15 is 0 Å². The first-order chi connectivity index (χ1) is 16.4. The van der Waals surface area contributed by atoms with Crippen LogP contribution in [0, 0.1) is 5.92 Å². The average molecular weight is 488 g/mol. The lowest BCUT2D eigenvalue weighted by Gasteiger charge is -2.22. The van der Waals surface area contributed by atoms with E-state index in [1.165, 1.54) is 6.20 Å². The van der Waals surface area contributed by atoms with Gasteiger partial charge in [0.1, 0.15) is 5.92 Å². The Balaban J connectivity index is 1.24. The zero-order valence-corrected chi connectivity index (χ0v) is 19.0. The Labute approximate surface area is 200 Å². The summed E-state index contributed by atoms with van der Waals surface area (Å²) in [5, 5.41) is 14.0. The van der Waals surface area contributed by atoms with E-state index in [1.54, 1.807) is 18.3 Å².